The number of carbonyl (C=O) groups is 1. The van der Waals surface area contributed by atoms with Gasteiger partial charge in [-0.2, -0.15) is 0 Å². The normalized spacial score (nSPS) is 15.7. The van der Waals surface area contributed by atoms with Crippen LogP contribution in [-0.4, -0.2) is 28.2 Å². The standard InChI is InChI=1S/C18H24N4O2/c1-3-17-19-8-10-22(17)9-4-7-20-18(23)21-15-5-6-16-14(12-15)11-13(2)24-16/h5-6,8,10,12-13H,3-4,7,9,11H2,1-2H3,(H2,20,21,23). The molecular weight excluding hydrogens is 304 g/mol. The number of aryl methyl sites for hydroxylation is 2. The maximum Gasteiger partial charge on any atom is 0.319 e. The van der Waals surface area contributed by atoms with Crippen molar-refractivity contribution in [2.75, 3.05) is 11.9 Å². The van der Waals surface area contributed by atoms with Crippen molar-refractivity contribution in [2.45, 2.75) is 45.8 Å². The summed E-state index contributed by atoms with van der Waals surface area (Å²) in [6.07, 6.45) is 6.68. The molecule has 2 N–H and O–H groups in total. The zero-order valence-corrected chi connectivity index (χ0v) is 14.2. The Kier molecular flexibility index (Phi) is 5.03. The van der Waals surface area contributed by atoms with Gasteiger partial charge in [0.05, 0.1) is 0 Å². The molecule has 128 valence electrons. The number of fused-ring (bicyclic) bond motifs is 1. The second kappa shape index (κ2) is 7.38. The Hall–Kier alpha value is -2.50. The summed E-state index contributed by atoms with van der Waals surface area (Å²) >= 11 is 0. The number of hydrogen-bond donors (Lipinski definition) is 2. The number of hydrogen-bond acceptors (Lipinski definition) is 3. The van der Waals surface area contributed by atoms with Gasteiger partial charge in [0.1, 0.15) is 17.7 Å². The van der Waals surface area contributed by atoms with E-state index in [1.807, 2.05) is 37.5 Å². The van der Waals surface area contributed by atoms with Gasteiger partial charge in [-0.05, 0) is 37.1 Å². The van der Waals surface area contributed by atoms with Crippen LogP contribution in [0.5, 0.6) is 5.75 Å². The van der Waals surface area contributed by atoms with Crippen molar-refractivity contribution < 1.29 is 9.53 Å². The van der Waals surface area contributed by atoms with E-state index in [2.05, 4.69) is 27.1 Å². The Morgan fingerprint density at radius 1 is 1.46 bits per heavy atom. The number of urea groups is 1. The Morgan fingerprint density at radius 3 is 3.17 bits per heavy atom. The van der Waals surface area contributed by atoms with Crippen LogP contribution in [0.2, 0.25) is 0 Å². The second-order valence-electron chi connectivity index (χ2n) is 6.08. The smallest absolute Gasteiger partial charge is 0.319 e. The summed E-state index contributed by atoms with van der Waals surface area (Å²) in [6, 6.07) is 5.59. The first-order chi connectivity index (χ1) is 11.7. The highest BCUT2D eigenvalue weighted by Crippen LogP contribution is 2.30. The van der Waals surface area contributed by atoms with Crippen molar-refractivity contribution in [3.63, 3.8) is 0 Å². The van der Waals surface area contributed by atoms with Crippen LogP contribution in [-0.2, 0) is 19.4 Å². The summed E-state index contributed by atoms with van der Waals surface area (Å²) < 4.78 is 7.79. The van der Waals surface area contributed by atoms with Crippen LogP contribution in [0.1, 0.15) is 31.7 Å². The average molecular weight is 328 g/mol. The van der Waals surface area contributed by atoms with Crippen LogP contribution in [0.15, 0.2) is 30.6 Å². The zero-order valence-electron chi connectivity index (χ0n) is 14.2. The van der Waals surface area contributed by atoms with Crippen LogP contribution in [0.4, 0.5) is 10.5 Å². The number of benzene rings is 1. The van der Waals surface area contributed by atoms with Gasteiger partial charge in [-0.3, -0.25) is 0 Å². The number of amides is 2. The minimum Gasteiger partial charge on any atom is -0.490 e. The van der Waals surface area contributed by atoms with E-state index < -0.39 is 0 Å². The van der Waals surface area contributed by atoms with Crippen LogP contribution < -0.4 is 15.4 Å². The lowest BCUT2D eigenvalue weighted by molar-refractivity contribution is 0.251. The van der Waals surface area contributed by atoms with E-state index in [4.69, 9.17) is 4.74 Å². The molecule has 0 spiro atoms. The summed E-state index contributed by atoms with van der Waals surface area (Å²) in [5.74, 6) is 1.99. The molecule has 1 aliphatic rings. The molecule has 0 saturated carbocycles. The first kappa shape index (κ1) is 16.4. The number of aromatic nitrogens is 2. The van der Waals surface area contributed by atoms with E-state index >= 15 is 0 Å². The van der Waals surface area contributed by atoms with Gasteiger partial charge >= 0.3 is 6.03 Å². The fraction of sp³-hybridized carbons (Fsp3) is 0.444. The van der Waals surface area contributed by atoms with Gasteiger partial charge in [-0.25, -0.2) is 9.78 Å². The molecule has 1 atom stereocenters. The van der Waals surface area contributed by atoms with Crippen LogP contribution in [0.25, 0.3) is 0 Å². The average Bonchev–Trinajstić information content (AvgIpc) is 3.16. The lowest BCUT2D eigenvalue weighted by Crippen LogP contribution is -2.30. The number of imidazole rings is 1. The number of carbonyl (C=O) groups excluding carboxylic acids is 1. The van der Waals surface area contributed by atoms with E-state index in [9.17, 15) is 4.79 Å². The SMILES string of the molecule is CCc1nccn1CCCNC(=O)Nc1ccc2c(c1)CC(C)O2. The maximum absolute atomic E-state index is 12.0. The van der Waals surface area contributed by atoms with Crippen molar-refractivity contribution in [3.8, 4) is 5.75 Å². The largest absolute Gasteiger partial charge is 0.490 e. The molecule has 0 saturated heterocycles. The number of ether oxygens (including phenoxy) is 1. The molecule has 3 rings (SSSR count). The maximum atomic E-state index is 12.0. The molecule has 1 aromatic carbocycles. The Balaban J connectivity index is 1.42. The molecule has 0 fully saturated rings. The third-order valence-corrected chi connectivity index (χ3v) is 4.13. The Labute approximate surface area is 142 Å². The molecule has 6 nitrogen and oxygen atoms in total. The highest BCUT2D eigenvalue weighted by molar-refractivity contribution is 5.89. The highest BCUT2D eigenvalue weighted by Gasteiger charge is 2.19. The van der Waals surface area contributed by atoms with Gasteiger partial charge in [0, 0.05) is 44.0 Å². The third-order valence-electron chi connectivity index (χ3n) is 4.13. The quantitative estimate of drug-likeness (QED) is 0.801. The summed E-state index contributed by atoms with van der Waals surface area (Å²) in [5.41, 5.74) is 1.94. The molecule has 6 heteroatoms. The lowest BCUT2D eigenvalue weighted by atomic mass is 10.1. The molecule has 0 bridgehead atoms. The molecule has 2 aromatic rings. The van der Waals surface area contributed by atoms with Crippen molar-refractivity contribution in [1.29, 1.82) is 0 Å². The fourth-order valence-corrected chi connectivity index (χ4v) is 2.98. The summed E-state index contributed by atoms with van der Waals surface area (Å²) in [6.45, 7) is 5.62. The van der Waals surface area contributed by atoms with Crippen LogP contribution in [0, 0.1) is 0 Å². The summed E-state index contributed by atoms with van der Waals surface area (Å²) in [7, 11) is 0. The Bertz CT molecular complexity index is 711. The van der Waals surface area contributed by atoms with E-state index in [1.54, 1.807) is 0 Å². The molecular formula is C18H24N4O2. The summed E-state index contributed by atoms with van der Waals surface area (Å²) in [4.78, 5) is 16.3. The van der Waals surface area contributed by atoms with Crippen molar-refractivity contribution in [1.82, 2.24) is 14.9 Å². The minimum absolute atomic E-state index is 0.178. The number of nitrogens with one attached hydrogen (secondary N) is 2. The first-order valence-corrected chi connectivity index (χ1v) is 8.50. The van der Waals surface area contributed by atoms with Gasteiger partial charge in [0.25, 0.3) is 0 Å². The predicted octanol–water partition coefficient (Wildman–Crippen LogP) is 2.98. The number of nitrogens with zero attached hydrogens (tertiary/aromatic N) is 2. The topological polar surface area (TPSA) is 68.2 Å². The fourth-order valence-electron chi connectivity index (χ4n) is 2.98. The highest BCUT2D eigenvalue weighted by atomic mass is 16.5. The molecule has 0 radical (unpaired) electrons. The second-order valence-corrected chi connectivity index (χ2v) is 6.08. The van der Waals surface area contributed by atoms with Crippen LogP contribution >= 0.6 is 0 Å². The van der Waals surface area contributed by atoms with Gasteiger partial charge < -0.3 is 19.9 Å². The van der Waals surface area contributed by atoms with E-state index in [1.165, 1.54) is 0 Å². The predicted molar refractivity (Wildman–Crippen MR) is 93.5 cm³/mol. The molecule has 1 aromatic heterocycles. The lowest BCUT2D eigenvalue weighted by Gasteiger charge is -2.10. The van der Waals surface area contributed by atoms with Gasteiger partial charge in [-0.1, -0.05) is 6.92 Å². The van der Waals surface area contributed by atoms with Crippen LogP contribution in [0.3, 0.4) is 0 Å². The van der Waals surface area contributed by atoms with Crippen molar-refractivity contribution in [3.05, 3.63) is 42.0 Å². The monoisotopic (exact) mass is 328 g/mol. The van der Waals surface area contributed by atoms with Crippen molar-refractivity contribution in [2.24, 2.45) is 0 Å². The van der Waals surface area contributed by atoms with Gasteiger partial charge in [0.15, 0.2) is 0 Å². The van der Waals surface area contributed by atoms with Crippen molar-refractivity contribution >= 4 is 11.7 Å². The molecule has 2 heterocycles. The number of anilines is 1. The van der Waals surface area contributed by atoms with Gasteiger partial charge in [-0.15, -0.1) is 0 Å². The molecule has 24 heavy (non-hydrogen) atoms. The molecule has 2 amide bonds. The Morgan fingerprint density at radius 2 is 2.33 bits per heavy atom. The third kappa shape index (κ3) is 3.88. The number of rotatable bonds is 6. The zero-order chi connectivity index (χ0) is 16.9. The van der Waals surface area contributed by atoms with E-state index in [-0.39, 0.29) is 12.1 Å². The van der Waals surface area contributed by atoms with Gasteiger partial charge in [0.2, 0.25) is 0 Å². The minimum atomic E-state index is -0.178. The molecule has 1 aliphatic heterocycles. The first-order valence-electron chi connectivity index (χ1n) is 8.50. The van der Waals surface area contributed by atoms with E-state index in [0.717, 1.165) is 48.6 Å². The van der Waals surface area contributed by atoms with E-state index in [0.29, 0.717) is 6.54 Å². The molecule has 1 unspecified atom stereocenters. The summed E-state index contributed by atoms with van der Waals surface area (Å²) in [5, 5.41) is 5.77. The molecule has 0 aliphatic carbocycles.